The van der Waals surface area contributed by atoms with Crippen LogP contribution in [-0.2, 0) is 19.9 Å². The van der Waals surface area contributed by atoms with Gasteiger partial charge in [0.05, 0.1) is 0 Å². The van der Waals surface area contributed by atoms with Crippen molar-refractivity contribution in [2.75, 3.05) is 31.5 Å². The summed E-state index contributed by atoms with van der Waals surface area (Å²) in [6.45, 7) is 4.16. The van der Waals surface area contributed by atoms with Crippen molar-refractivity contribution >= 4 is 19.9 Å². The second kappa shape index (κ2) is 4.99. The number of nitrogens with two attached hydrogens (primary N) is 1. The maximum absolute atomic E-state index is 11.6. The minimum Gasteiger partial charge on any atom is -0.330 e. The largest absolute Gasteiger partial charge is 0.330 e. The quantitative estimate of drug-likeness (QED) is 0.685. The minimum absolute atomic E-state index is 0.196. The highest BCUT2D eigenvalue weighted by Gasteiger charge is 2.28. The molecule has 98 valence electrons. The minimum atomic E-state index is -3.77. The van der Waals surface area contributed by atoms with E-state index in [9.17, 15) is 16.8 Å². The third-order valence-electron chi connectivity index (χ3n) is 2.04. The highest BCUT2D eigenvalue weighted by molar-refractivity contribution is 8.06. The van der Waals surface area contributed by atoms with Crippen molar-refractivity contribution in [1.82, 2.24) is 4.31 Å². The predicted molar refractivity (Wildman–Crippen MR) is 64.1 cm³/mol. The molecule has 2 N–H and O–H groups in total. The summed E-state index contributed by atoms with van der Waals surface area (Å²) in [6, 6.07) is 0. The molecule has 0 unspecified atom stereocenters. The Bertz CT molecular complexity index is 425. The van der Waals surface area contributed by atoms with E-state index in [0.717, 1.165) is 10.6 Å². The van der Waals surface area contributed by atoms with E-state index >= 15 is 0 Å². The summed E-state index contributed by atoms with van der Waals surface area (Å²) in [7, 11) is -5.96. The molecule has 0 spiro atoms. The van der Waals surface area contributed by atoms with Gasteiger partial charge in [0.25, 0.3) is 0 Å². The molecule has 0 heterocycles. The van der Waals surface area contributed by atoms with E-state index < -0.39 is 24.9 Å². The zero-order valence-electron chi connectivity index (χ0n) is 10.1. The Morgan fingerprint density at radius 3 is 1.94 bits per heavy atom. The molecule has 0 saturated heterocycles. The van der Waals surface area contributed by atoms with Crippen LogP contribution in [0.4, 0.5) is 0 Å². The van der Waals surface area contributed by atoms with E-state index in [1.807, 2.05) is 13.8 Å². The average Bonchev–Trinajstić information content (AvgIpc) is 1.99. The van der Waals surface area contributed by atoms with Gasteiger partial charge in [0.2, 0.25) is 10.0 Å². The van der Waals surface area contributed by atoms with Crippen LogP contribution in [-0.4, -0.2) is 52.6 Å². The standard InChI is InChI=1S/C8H20N2O4S2/c1-8(2,5-9)6-10(3)16(13,14)7-15(4,11)12/h5-7,9H2,1-4H3. The topological polar surface area (TPSA) is 97.5 Å². The van der Waals surface area contributed by atoms with Gasteiger partial charge in [-0.2, -0.15) is 0 Å². The third kappa shape index (κ3) is 5.78. The Labute approximate surface area is 97.8 Å². The summed E-state index contributed by atoms with van der Waals surface area (Å²) in [5, 5.41) is -0.864. The molecule has 6 nitrogen and oxygen atoms in total. The smallest absolute Gasteiger partial charge is 0.228 e. The van der Waals surface area contributed by atoms with Crippen LogP contribution in [0.5, 0.6) is 0 Å². The van der Waals surface area contributed by atoms with E-state index in [2.05, 4.69) is 0 Å². The van der Waals surface area contributed by atoms with Crippen molar-refractivity contribution < 1.29 is 16.8 Å². The fraction of sp³-hybridized carbons (Fsp3) is 1.00. The molecular weight excluding hydrogens is 252 g/mol. The molecular formula is C8H20N2O4S2. The van der Waals surface area contributed by atoms with Crippen molar-refractivity contribution in [3.05, 3.63) is 0 Å². The molecule has 0 fully saturated rings. The fourth-order valence-corrected chi connectivity index (χ4v) is 4.56. The average molecular weight is 272 g/mol. The lowest BCUT2D eigenvalue weighted by Crippen LogP contribution is -2.41. The van der Waals surface area contributed by atoms with Gasteiger partial charge in [0.1, 0.15) is 0 Å². The van der Waals surface area contributed by atoms with E-state index in [1.165, 1.54) is 7.05 Å². The normalized spacial score (nSPS) is 14.4. The van der Waals surface area contributed by atoms with Crippen LogP contribution < -0.4 is 5.73 Å². The highest BCUT2D eigenvalue weighted by Crippen LogP contribution is 2.16. The number of sulfonamides is 1. The van der Waals surface area contributed by atoms with Crippen LogP contribution in [0.25, 0.3) is 0 Å². The molecule has 0 radical (unpaired) electrons. The molecule has 0 aliphatic rings. The van der Waals surface area contributed by atoms with Crippen LogP contribution in [0, 0.1) is 5.41 Å². The Balaban J connectivity index is 4.80. The Morgan fingerprint density at radius 2 is 1.62 bits per heavy atom. The number of rotatable bonds is 6. The van der Waals surface area contributed by atoms with Crippen LogP contribution in [0.15, 0.2) is 0 Å². The first-order valence-corrected chi connectivity index (χ1v) is 8.38. The zero-order chi connectivity index (χ0) is 13.2. The Hall–Kier alpha value is -0.180. The molecule has 0 aliphatic heterocycles. The predicted octanol–water partition coefficient (Wildman–Crippen LogP) is -0.765. The van der Waals surface area contributed by atoms with Gasteiger partial charge in [-0.1, -0.05) is 13.8 Å². The van der Waals surface area contributed by atoms with Gasteiger partial charge in [-0.15, -0.1) is 0 Å². The molecule has 0 aromatic carbocycles. The molecule has 0 aromatic rings. The van der Waals surface area contributed by atoms with Gasteiger partial charge in [0.15, 0.2) is 14.9 Å². The number of sulfone groups is 1. The number of hydrogen-bond donors (Lipinski definition) is 1. The molecule has 0 saturated carbocycles. The van der Waals surface area contributed by atoms with Gasteiger partial charge in [-0.3, -0.25) is 0 Å². The molecule has 0 aliphatic carbocycles. The Kier molecular flexibility index (Phi) is 4.93. The summed E-state index contributed by atoms with van der Waals surface area (Å²) in [5.41, 5.74) is 5.11. The van der Waals surface area contributed by atoms with Crippen LogP contribution in [0.3, 0.4) is 0 Å². The maximum Gasteiger partial charge on any atom is 0.228 e. The first-order valence-electron chi connectivity index (χ1n) is 4.71. The van der Waals surface area contributed by atoms with Gasteiger partial charge >= 0.3 is 0 Å². The lowest BCUT2D eigenvalue weighted by Gasteiger charge is -2.28. The summed E-state index contributed by atoms with van der Waals surface area (Å²) >= 11 is 0. The molecule has 0 atom stereocenters. The molecule has 0 amide bonds. The van der Waals surface area contributed by atoms with E-state index in [4.69, 9.17) is 5.73 Å². The highest BCUT2D eigenvalue weighted by atomic mass is 32.3. The van der Waals surface area contributed by atoms with Crippen molar-refractivity contribution in [2.24, 2.45) is 11.1 Å². The van der Waals surface area contributed by atoms with Crippen molar-refractivity contribution in [3.8, 4) is 0 Å². The fourth-order valence-electron chi connectivity index (χ4n) is 1.13. The van der Waals surface area contributed by atoms with Gasteiger partial charge in [0, 0.05) is 19.8 Å². The first-order chi connectivity index (χ1) is 6.90. The van der Waals surface area contributed by atoms with Gasteiger partial charge in [-0.05, 0) is 12.0 Å². The molecule has 8 heteroatoms. The number of nitrogens with zero attached hydrogens (tertiary/aromatic N) is 1. The van der Waals surface area contributed by atoms with Crippen LogP contribution >= 0.6 is 0 Å². The SMILES string of the molecule is CN(CC(C)(C)CN)S(=O)(=O)CS(C)(=O)=O. The summed E-state index contributed by atoms with van der Waals surface area (Å²) in [4.78, 5) is 0. The second-order valence-corrected chi connectivity index (χ2v) is 9.36. The lowest BCUT2D eigenvalue weighted by molar-refractivity contribution is 0.292. The van der Waals surface area contributed by atoms with Crippen LogP contribution in [0.1, 0.15) is 13.8 Å². The molecule has 16 heavy (non-hydrogen) atoms. The Morgan fingerprint density at radius 1 is 1.19 bits per heavy atom. The van der Waals surface area contributed by atoms with Crippen molar-refractivity contribution in [1.29, 1.82) is 0 Å². The lowest BCUT2D eigenvalue weighted by atomic mass is 9.94. The van der Waals surface area contributed by atoms with Crippen molar-refractivity contribution in [3.63, 3.8) is 0 Å². The summed E-state index contributed by atoms with van der Waals surface area (Å²) < 4.78 is 46.2. The van der Waals surface area contributed by atoms with E-state index in [0.29, 0.717) is 6.54 Å². The second-order valence-electron chi connectivity index (χ2n) is 4.78. The maximum atomic E-state index is 11.6. The molecule has 0 bridgehead atoms. The van der Waals surface area contributed by atoms with Crippen LogP contribution in [0.2, 0.25) is 0 Å². The first kappa shape index (κ1) is 15.8. The zero-order valence-corrected chi connectivity index (χ0v) is 11.7. The number of hydrogen-bond acceptors (Lipinski definition) is 5. The van der Waals surface area contributed by atoms with Gasteiger partial charge in [-0.25, -0.2) is 21.1 Å². The summed E-state index contributed by atoms with van der Waals surface area (Å²) in [6.07, 6.45) is 0.895. The summed E-state index contributed by atoms with van der Waals surface area (Å²) in [5.74, 6) is 0. The third-order valence-corrected chi connectivity index (χ3v) is 6.02. The molecule has 0 aromatic heterocycles. The van der Waals surface area contributed by atoms with Gasteiger partial charge < -0.3 is 5.73 Å². The van der Waals surface area contributed by atoms with E-state index in [1.54, 1.807) is 0 Å². The monoisotopic (exact) mass is 272 g/mol. The molecule has 0 rings (SSSR count). The van der Waals surface area contributed by atoms with Crippen molar-refractivity contribution in [2.45, 2.75) is 13.8 Å². The van der Waals surface area contributed by atoms with E-state index in [-0.39, 0.29) is 12.0 Å².